The average Bonchev–Trinajstić information content (AvgIpc) is 3.64. The van der Waals surface area contributed by atoms with Crippen molar-refractivity contribution in [1.82, 2.24) is 24.7 Å². The number of fused-ring (bicyclic) bond motifs is 2. The predicted molar refractivity (Wildman–Crippen MR) is 161 cm³/mol. The molecule has 4 heterocycles. The number of likely N-dealkylation sites (tertiary alicyclic amines) is 1. The first-order valence-electron chi connectivity index (χ1n) is 14.7. The number of hydrogen-bond acceptors (Lipinski definition) is 9. The van der Waals surface area contributed by atoms with Crippen molar-refractivity contribution in [1.29, 1.82) is 5.26 Å². The number of nitrogens with zero attached hydrogens (tertiary/aromatic N) is 7. The lowest BCUT2D eigenvalue weighted by atomic mass is 10.0. The van der Waals surface area contributed by atoms with Crippen LogP contribution in [0.1, 0.15) is 40.9 Å². The van der Waals surface area contributed by atoms with Crippen molar-refractivity contribution in [2.75, 3.05) is 44.7 Å². The molecule has 2 amide bonds. The van der Waals surface area contributed by atoms with Gasteiger partial charge in [0.15, 0.2) is 0 Å². The molecule has 0 unspecified atom stereocenters. The molecule has 3 aromatic rings. The number of hydrogen-bond donors (Lipinski definition) is 1. The van der Waals surface area contributed by atoms with E-state index in [0.29, 0.717) is 48.7 Å². The molecule has 222 valence electrons. The van der Waals surface area contributed by atoms with Gasteiger partial charge in [0, 0.05) is 36.6 Å². The van der Waals surface area contributed by atoms with Crippen LogP contribution in [0.5, 0.6) is 11.8 Å². The minimum absolute atomic E-state index is 0.0571. The van der Waals surface area contributed by atoms with E-state index in [2.05, 4.69) is 29.5 Å². The summed E-state index contributed by atoms with van der Waals surface area (Å²) in [4.78, 5) is 43.8. The van der Waals surface area contributed by atoms with Gasteiger partial charge in [-0.15, -0.1) is 0 Å². The predicted octanol–water partition coefficient (Wildman–Crippen LogP) is 3.08. The molecule has 0 radical (unpaired) electrons. The zero-order chi connectivity index (χ0) is 30.1. The number of ether oxygens (including phenoxy) is 1. The molecule has 11 nitrogen and oxygen atoms in total. The second-order valence-corrected chi connectivity index (χ2v) is 11.4. The third-order valence-corrected chi connectivity index (χ3v) is 8.78. The zero-order valence-electron chi connectivity index (χ0n) is 24.3. The first kappa shape index (κ1) is 28.4. The molecule has 3 aliphatic rings. The molecule has 1 N–H and O–H groups in total. The second-order valence-electron chi connectivity index (χ2n) is 11.4. The van der Waals surface area contributed by atoms with Crippen molar-refractivity contribution in [3.8, 4) is 17.8 Å². The van der Waals surface area contributed by atoms with Gasteiger partial charge >= 0.3 is 6.01 Å². The highest BCUT2D eigenvalue weighted by atomic mass is 16.5. The summed E-state index contributed by atoms with van der Waals surface area (Å²) in [5.74, 6) is 0.300. The quantitative estimate of drug-likeness (QED) is 0.419. The zero-order valence-corrected chi connectivity index (χ0v) is 24.3. The summed E-state index contributed by atoms with van der Waals surface area (Å²) in [5, 5.41) is 21.4. The van der Waals surface area contributed by atoms with Crippen LogP contribution < -0.4 is 9.64 Å². The van der Waals surface area contributed by atoms with Crippen molar-refractivity contribution in [2.24, 2.45) is 0 Å². The van der Waals surface area contributed by atoms with Gasteiger partial charge in [-0.25, -0.2) is 0 Å². The van der Waals surface area contributed by atoms with Crippen LogP contribution in [0.4, 0.5) is 5.82 Å². The largest absolute Gasteiger partial charge is 0.507 e. The Morgan fingerprint density at radius 2 is 1.95 bits per heavy atom. The highest BCUT2D eigenvalue weighted by Gasteiger charge is 2.36. The summed E-state index contributed by atoms with van der Waals surface area (Å²) in [6.45, 7) is 6.99. The van der Waals surface area contributed by atoms with Crippen molar-refractivity contribution >= 4 is 28.4 Å². The molecule has 2 saturated heterocycles. The van der Waals surface area contributed by atoms with Crippen molar-refractivity contribution in [3.05, 3.63) is 65.9 Å². The van der Waals surface area contributed by atoms with E-state index in [1.54, 1.807) is 28.0 Å². The van der Waals surface area contributed by atoms with Gasteiger partial charge in [-0.3, -0.25) is 9.59 Å². The van der Waals surface area contributed by atoms with Crippen LogP contribution in [-0.4, -0.2) is 93.5 Å². The number of phenols is 1. The standard InChI is InChI=1S/C32H35N7O4/c1-3-28(41)39-16-15-37(17-22(39)12-13-33)30-25-18-38(31(42)24-10-4-7-21-8-5-11-27(40)29(21)24)19-26(25)34-32(35-30)43-20-23-9-6-14-36(23)2/h3-5,7-8,10-11,22-23,40H,1,6,9,12,14-20H2,2H3/t22-,23-/m0/s1. The third-order valence-electron chi connectivity index (χ3n) is 8.78. The van der Waals surface area contributed by atoms with Gasteiger partial charge in [-0.2, -0.15) is 15.2 Å². The molecule has 2 atom stereocenters. The molecule has 43 heavy (non-hydrogen) atoms. The molecule has 0 saturated carbocycles. The van der Waals surface area contributed by atoms with Crippen LogP contribution in [0.15, 0.2) is 49.1 Å². The van der Waals surface area contributed by atoms with Crippen molar-refractivity contribution in [2.45, 2.75) is 44.4 Å². The van der Waals surface area contributed by atoms with Gasteiger partial charge in [0.25, 0.3) is 5.91 Å². The molecule has 0 aliphatic carbocycles. The summed E-state index contributed by atoms with van der Waals surface area (Å²) in [6, 6.07) is 13.0. The first-order chi connectivity index (χ1) is 20.9. The maximum Gasteiger partial charge on any atom is 0.318 e. The van der Waals surface area contributed by atoms with Gasteiger partial charge in [0.05, 0.1) is 42.9 Å². The Morgan fingerprint density at radius 1 is 1.14 bits per heavy atom. The maximum absolute atomic E-state index is 13.9. The minimum Gasteiger partial charge on any atom is -0.507 e. The van der Waals surface area contributed by atoms with E-state index in [4.69, 9.17) is 14.7 Å². The van der Waals surface area contributed by atoms with Crippen LogP contribution in [0.2, 0.25) is 0 Å². The summed E-state index contributed by atoms with van der Waals surface area (Å²) in [7, 11) is 2.09. The van der Waals surface area contributed by atoms with Gasteiger partial charge < -0.3 is 29.4 Å². The number of rotatable bonds is 7. The number of piperazine rings is 1. The van der Waals surface area contributed by atoms with E-state index in [0.717, 1.165) is 30.3 Å². The molecule has 2 aromatic carbocycles. The fourth-order valence-electron chi connectivity index (χ4n) is 6.45. The lowest BCUT2D eigenvalue weighted by molar-refractivity contribution is -0.128. The Labute approximate surface area is 250 Å². The number of phenolic OH excluding ortho intramolecular Hbond substituents is 1. The fourth-order valence-corrected chi connectivity index (χ4v) is 6.45. The molecule has 6 rings (SSSR count). The second kappa shape index (κ2) is 11.9. The van der Waals surface area contributed by atoms with E-state index < -0.39 is 0 Å². The third kappa shape index (κ3) is 5.46. The first-order valence-corrected chi connectivity index (χ1v) is 14.7. The number of aromatic hydroxyl groups is 1. The average molecular weight is 582 g/mol. The van der Waals surface area contributed by atoms with Gasteiger partial charge in [-0.05, 0) is 50.0 Å². The SMILES string of the molecule is C=CC(=O)N1CCN(c2nc(OC[C@@H]3CCCN3C)nc3c2CN(C(=O)c2cccc4cccc(O)c24)C3)C[C@@H]1CC#N. The molecule has 2 fully saturated rings. The van der Waals surface area contributed by atoms with E-state index in [1.807, 2.05) is 18.2 Å². The Bertz CT molecular complexity index is 1610. The number of anilines is 1. The number of likely N-dealkylation sites (N-methyl/N-ethyl adjacent to an activating group) is 1. The van der Waals surface area contributed by atoms with Crippen LogP contribution >= 0.6 is 0 Å². The number of carbonyl (C=O) groups excluding carboxylic acids is 2. The fraction of sp³-hybridized carbons (Fsp3) is 0.406. The van der Waals surface area contributed by atoms with E-state index >= 15 is 0 Å². The monoisotopic (exact) mass is 581 g/mol. The molecule has 1 aromatic heterocycles. The number of amides is 2. The Kier molecular flexibility index (Phi) is 7.86. The molecular weight excluding hydrogens is 546 g/mol. The Morgan fingerprint density at radius 3 is 2.70 bits per heavy atom. The Hall–Kier alpha value is -4.69. The molecule has 3 aliphatic heterocycles. The number of nitriles is 1. The Balaban J connectivity index is 1.32. The molecule has 0 spiro atoms. The summed E-state index contributed by atoms with van der Waals surface area (Å²) in [6.07, 6.45) is 3.62. The maximum atomic E-state index is 13.9. The van der Waals surface area contributed by atoms with Gasteiger partial charge in [0.2, 0.25) is 5.91 Å². The summed E-state index contributed by atoms with van der Waals surface area (Å²) in [5.41, 5.74) is 1.95. The van der Waals surface area contributed by atoms with E-state index in [-0.39, 0.29) is 55.2 Å². The van der Waals surface area contributed by atoms with Crippen molar-refractivity contribution < 1.29 is 19.4 Å². The molecule has 0 bridgehead atoms. The number of carbonyl (C=O) groups is 2. The smallest absolute Gasteiger partial charge is 0.318 e. The van der Waals surface area contributed by atoms with E-state index in [1.165, 1.54) is 6.08 Å². The lowest BCUT2D eigenvalue weighted by Gasteiger charge is -2.41. The summed E-state index contributed by atoms with van der Waals surface area (Å²) < 4.78 is 6.16. The number of aromatic nitrogens is 2. The molecule has 11 heteroatoms. The van der Waals surface area contributed by atoms with E-state index in [9.17, 15) is 20.0 Å². The van der Waals surface area contributed by atoms with Crippen molar-refractivity contribution in [3.63, 3.8) is 0 Å². The topological polar surface area (TPSA) is 126 Å². The van der Waals surface area contributed by atoms with Crippen LogP contribution in [-0.2, 0) is 17.9 Å². The minimum atomic E-state index is -0.329. The molecular formula is C32H35N7O4. The number of benzene rings is 2. The van der Waals surface area contributed by atoms with Crippen LogP contribution in [0.25, 0.3) is 10.8 Å². The van der Waals surface area contributed by atoms with Gasteiger partial charge in [0.1, 0.15) is 18.2 Å². The summed E-state index contributed by atoms with van der Waals surface area (Å²) >= 11 is 0. The van der Waals surface area contributed by atoms with Crippen LogP contribution in [0, 0.1) is 11.3 Å². The highest BCUT2D eigenvalue weighted by Crippen LogP contribution is 2.35. The lowest BCUT2D eigenvalue weighted by Crippen LogP contribution is -2.55. The van der Waals surface area contributed by atoms with Gasteiger partial charge in [-0.1, -0.05) is 30.8 Å². The normalized spacial score (nSPS) is 20.2. The van der Waals surface area contributed by atoms with Crippen LogP contribution in [0.3, 0.4) is 0 Å². The highest BCUT2D eigenvalue weighted by molar-refractivity contribution is 6.09.